The zero-order chi connectivity index (χ0) is 15.5. The number of ether oxygens (including phenoxy) is 2. The van der Waals surface area contributed by atoms with E-state index < -0.39 is 0 Å². The van der Waals surface area contributed by atoms with Crippen LogP contribution in [0.3, 0.4) is 0 Å². The summed E-state index contributed by atoms with van der Waals surface area (Å²) in [5.74, 6) is 0.948. The first kappa shape index (κ1) is 16.5. The van der Waals surface area contributed by atoms with Gasteiger partial charge >= 0.3 is 0 Å². The van der Waals surface area contributed by atoms with E-state index in [4.69, 9.17) is 9.47 Å². The lowest BCUT2D eigenvalue weighted by atomic mass is 10.2. The summed E-state index contributed by atoms with van der Waals surface area (Å²) in [7, 11) is 0. The minimum absolute atomic E-state index is 0.599. The zero-order valence-electron chi connectivity index (χ0n) is 13.3. The van der Waals surface area contributed by atoms with Gasteiger partial charge in [-0.05, 0) is 31.5 Å². The van der Waals surface area contributed by atoms with Gasteiger partial charge in [-0.25, -0.2) is 0 Å². The SMILES string of the molecule is CCOCCCNCc1ccccc1OCc1ccccc1. The number of nitrogens with one attached hydrogen (secondary N) is 1. The summed E-state index contributed by atoms with van der Waals surface area (Å²) in [5.41, 5.74) is 2.37. The molecule has 3 nitrogen and oxygen atoms in total. The largest absolute Gasteiger partial charge is 0.489 e. The molecule has 0 amide bonds. The van der Waals surface area contributed by atoms with Crippen LogP contribution in [0.4, 0.5) is 0 Å². The van der Waals surface area contributed by atoms with E-state index in [0.717, 1.165) is 38.5 Å². The molecule has 2 rings (SSSR count). The lowest BCUT2D eigenvalue weighted by Crippen LogP contribution is -2.17. The van der Waals surface area contributed by atoms with Crippen molar-refractivity contribution in [3.8, 4) is 5.75 Å². The summed E-state index contributed by atoms with van der Waals surface area (Å²) in [5, 5.41) is 3.44. The van der Waals surface area contributed by atoms with Crippen molar-refractivity contribution in [3.05, 3.63) is 65.7 Å². The number of para-hydroxylation sites is 1. The molecule has 0 spiro atoms. The van der Waals surface area contributed by atoms with Crippen LogP contribution >= 0.6 is 0 Å². The first-order chi connectivity index (χ1) is 10.9. The molecule has 0 fully saturated rings. The van der Waals surface area contributed by atoms with Gasteiger partial charge in [0.2, 0.25) is 0 Å². The number of hydrogen-bond donors (Lipinski definition) is 1. The molecule has 0 atom stereocenters. The van der Waals surface area contributed by atoms with Gasteiger partial charge in [-0.1, -0.05) is 48.5 Å². The fourth-order valence-corrected chi connectivity index (χ4v) is 2.19. The van der Waals surface area contributed by atoms with E-state index >= 15 is 0 Å². The lowest BCUT2D eigenvalue weighted by Gasteiger charge is -2.12. The highest BCUT2D eigenvalue weighted by Gasteiger charge is 2.03. The van der Waals surface area contributed by atoms with Crippen LogP contribution in [0.15, 0.2) is 54.6 Å². The van der Waals surface area contributed by atoms with Gasteiger partial charge in [0.25, 0.3) is 0 Å². The first-order valence-electron chi connectivity index (χ1n) is 7.93. The maximum atomic E-state index is 5.95. The Hall–Kier alpha value is -1.84. The predicted octanol–water partition coefficient (Wildman–Crippen LogP) is 3.78. The van der Waals surface area contributed by atoms with E-state index in [1.165, 1.54) is 11.1 Å². The number of rotatable bonds is 10. The second-order valence-corrected chi connectivity index (χ2v) is 5.11. The van der Waals surface area contributed by atoms with Gasteiger partial charge in [-0.2, -0.15) is 0 Å². The Labute approximate surface area is 133 Å². The topological polar surface area (TPSA) is 30.5 Å². The standard InChI is InChI=1S/C19H25NO2/c1-2-21-14-8-13-20-15-18-11-6-7-12-19(18)22-16-17-9-4-3-5-10-17/h3-7,9-12,20H,2,8,13-16H2,1H3. The molecular weight excluding hydrogens is 274 g/mol. The molecule has 0 saturated heterocycles. The maximum Gasteiger partial charge on any atom is 0.124 e. The first-order valence-corrected chi connectivity index (χ1v) is 7.93. The Bertz CT molecular complexity index is 528. The molecule has 0 saturated carbocycles. The normalized spacial score (nSPS) is 10.6. The molecule has 0 radical (unpaired) electrons. The van der Waals surface area contributed by atoms with Crippen LogP contribution in [0.5, 0.6) is 5.75 Å². The monoisotopic (exact) mass is 299 g/mol. The van der Waals surface area contributed by atoms with E-state index in [0.29, 0.717) is 6.61 Å². The third-order valence-corrected chi connectivity index (χ3v) is 3.37. The van der Waals surface area contributed by atoms with E-state index in [1.807, 2.05) is 43.3 Å². The number of benzene rings is 2. The molecule has 0 heterocycles. The third kappa shape index (κ3) is 5.88. The second-order valence-electron chi connectivity index (χ2n) is 5.11. The summed E-state index contributed by atoms with van der Waals surface area (Å²) < 4.78 is 11.3. The average Bonchev–Trinajstić information content (AvgIpc) is 2.58. The highest BCUT2D eigenvalue weighted by molar-refractivity contribution is 5.33. The van der Waals surface area contributed by atoms with Crippen LogP contribution in [0, 0.1) is 0 Å². The van der Waals surface area contributed by atoms with E-state index in [9.17, 15) is 0 Å². The summed E-state index contributed by atoms with van der Waals surface area (Å²) in [6.45, 7) is 5.99. The van der Waals surface area contributed by atoms with Crippen LogP contribution in [-0.4, -0.2) is 19.8 Å². The van der Waals surface area contributed by atoms with E-state index in [1.54, 1.807) is 0 Å². The Morgan fingerprint density at radius 1 is 0.955 bits per heavy atom. The highest BCUT2D eigenvalue weighted by Crippen LogP contribution is 2.19. The second kappa shape index (κ2) is 9.98. The van der Waals surface area contributed by atoms with Gasteiger partial charge < -0.3 is 14.8 Å². The van der Waals surface area contributed by atoms with Gasteiger partial charge in [0, 0.05) is 25.3 Å². The molecule has 2 aromatic carbocycles. The highest BCUT2D eigenvalue weighted by atomic mass is 16.5. The van der Waals surface area contributed by atoms with Crippen LogP contribution in [0.25, 0.3) is 0 Å². The average molecular weight is 299 g/mol. The fraction of sp³-hybridized carbons (Fsp3) is 0.368. The minimum Gasteiger partial charge on any atom is -0.489 e. The van der Waals surface area contributed by atoms with Gasteiger partial charge in [-0.3, -0.25) is 0 Å². The van der Waals surface area contributed by atoms with Crippen molar-refractivity contribution in [3.63, 3.8) is 0 Å². The molecule has 0 aromatic heterocycles. The smallest absolute Gasteiger partial charge is 0.124 e. The Kier molecular flexibility index (Phi) is 7.50. The van der Waals surface area contributed by atoms with Crippen LogP contribution in [0.2, 0.25) is 0 Å². The van der Waals surface area contributed by atoms with Crippen molar-refractivity contribution < 1.29 is 9.47 Å². The predicted molar refractivity (Wildman–Crippen MR) is 90.0 cm³/mol. The van der Waals surface area contributed by atoms with Crippen LogP contribution in [-0.2, 0) is 17.9 Å². The Balaban J connectivity index is 1.79. The van der Waals surface area contributed by atoms with Crippen molar-refractivity contribution in [2.75, 3.05) is 19.8 Å². The van der Waals surface area contributed by atoms with Crippen molar-refractivity contribution in [2.45, 2.75) is 26.5 Å². The van der Waals surface area contributed by atoms with Crippen molar-refractivity contribution >= 4 is 0 Å². The molecule has 0 aliphatic carbocycles. The minimum atomic E-state index is 0.599. The summed E-state index contributed by atoms with van der Waals surface area (Å²) in [6.07, 6.45) is 1.03. The van der Waals surface area contributed by atoms with E-state index in [2.05, 4.69) is 23.5 Å². The quantitative estimate of drug-likeness (QED) is 0.677. The molecule has 0 aliphatic rings. The summed E-state index contributed by atoms with van der Waals surface area (Å²) >= 11 is 0. The maximum absolute atomic E-state index is 5.95. The molecule has 22 heavy (non-hydrogen) atoms. The van der Waals surface area contributed by atoms with Gasteiger partial charge in [0.05, 0.1) is 0 Å². The molecular formula is C19H25NO2. The van der Waals surface area contributed by atoms with Gasteiger partial charge in [0.15, 0.2) is 0 Å². The Morgan fingerprint density at radius 2 is 1.73 bits per heavy atom. The molecule has 0 unspecified atom stereocenters. The lowest BCUT2D eigenvalue weighted by molar-refractivity contribution is 0.144. The van der Waals surface area contributed by atoms with Crippen molar-refractivity contribution in [2.24, 2.45) is 0 Å². The molecule has 1 N–H and O–H groups in total. The van der Waals surface area contributed by atoms with Gasteiger partial charge in [-0.15, -0.1) is 0 Å². The zero-order valence-corrected chi connectivity index (χ0v) is 13.3. The van der Waals surface area contributed by atoms with Crippen molar-refractivity contribution in [1.29, 1.82) is 0 Å². The molecule has 3 heteroatoms. The van der Waals surface area contributed by atoms with Crippen LogP contribution < -0.4 is 10.1 Å². The third-order valence-electron chi connectivity index (χ3n) is 3.37. The molecule has 2 aromatic rings. The van der Waals surface area contributed by atoms with E-state index in [-0.39, 0.29) is 0 Å². The van der Waals surface area contributed by atoms with Crippen LogP contribution in [0.1, 0.15) is 24.5 Å². The summed E-state index contributed by atoms with van der Waals surface area (Å²) in [4.78, 5) is 0. The Morgan fingerprint density at radius 3 is 2.55 bits per heavy atom. The molecule has 118 valence electrons. The van der Waals surface area contributed by atoms with Crippen molar-refractivity contribution in [1.82, 2.24) is 5.32 Å². The van der Waals surface area contributed by atoms with Gasteiger partial charge in [0.1, 0.15) is 12.4 Å². The molecule has 0 bridgehead atoms. The number of hydrogen-bond acceptors (Lipinski definition) is 3. The molecule has 0 aliphatic heterocycles. The summed E-state index contributed by atoms with van der Waals surface area (Å²) in [6, 6.07) is 18.4. The fourth-order valence-electron chi connectivity index (χ4n) is 2.19.